The molecule has 2 saturated carbocycles. The topological polar surface area (TPSA) is 48.0 Å². The third kappa shape index (κ3) is 3.31. The number of ether oxygens (including phenoxy) is 3. The van der Waals surface area contributed by atoms with E-state index >= 15 is 0 Å². The number of nitrogens with zero attached hydrogens (tertiary/aromatic N) is 1. The molecule has 0 radical (unpaired) electrons. The first-order chi connectivity index (χ1) is 16.6. The third-order valence-electron chi connectivity index (χ3n) is 8.98. The van der Waals surface area contributed by atoms with E-state index in [2.05, 4.69) is 29.2 Å². The van der Waals surface area contributed by atoms with Gasteiger partial charge in [0.05, 0.1) is 12.7 Å². The van der Waals surface area contributed by atoms with E-state index in [0.717, 1.165) is 60.9 Å². The maximum Gasteiger partial charge on any atom is 0.164 e. The molecule has 2 aromatic rings. The predicted octanol–water partition coefficient (Wildman–Crippen LogP) is 4.69. The first-order valence-corrected chi connectivity index (χ1v) is 12.8. The van der Waals surface area contributed by atoms with Crippen molar-refractivity contribution in [3.63, 3.8) is 0 Å². The molecule has 1 saturated heterocycles. The maximum atomic E-state index is 13.0. The monoisotopic (exact) mass is 461 g/mol. The highest BCUT2D eigenvalue weighted by Crippen LogP contribution is 2.62. The fraction of sp³-hybridized carbons (Fsp3) is 0.552. The zero-order valence-corrected chi connectivity index (χ0v) is 20.3. The van der Waals surface area contributed by atoms with Crippen LogP contribution < -0.4 is 9.47 Å². The SMILES string of the molecule is COc1c(OCc2ccccc2)ccc2c1[C@@]13CCN(CC4CC4)[C@@H](C2)[C@]1(OC)CCC(=O)C3. The molecular formula is C29H35NO4. The number of carbonyl (C=O) groups excluding carboxylic acids is 1. The number of likely N-dealkylation sites (tertiary alicyclic amines) is 1. The van der Waals surface area contributed by atoms with E-state index in [9.17, 15) is 4.79 Å². The van der Waals surface area contributed by atoms with Gasteiger partial charge in [-0.1, -0.05) is 36.4 Å². The van der Waals surface area contributed by atoms with Crippen molar-refractivity contribution < 1.29 is 19.0 Å². The van der Waals surface area contributed by atoms with Crippen LogP contribution in [0.5, 0.6) is 11.5 Å². The van der Waals surface area contributed by atoms with Crippen LogP contribution in [0, 0.1) is 5.92 Å². The van der Waals surface area contributed by atoms with Gasteiger partial charge in [-0.2, -0.15) is 0 Å². The van der Waals surface area contributed by atoms with E-state index < -0.39 is 0 Å². The fourth-order valence-corrected chi connectivity index (χ4v) is 7.27. The van der Waals surface area contributed by atoms with Crippen molar-refractivity contribution in [3.05, 3.63) is 59.2 Å². The quantitative estimate of drug-likeness (QED) is 0.599. The van der Waals surface area contributed by atoms with Crippen molar-refractivity contribution >= 4 is 5.78 Å². The fourth-order valence-electron chi connectivity index (χ4n) is 7.27. The number of piperidine rings is 1. The Hall–Kier alpha value is -2.37. The molecule has 1 aliphatic heterocycles. The zero-order valence-electron chi connectivity index (χ0n) is 20.3. The van der Waals surface area contributed by atoms with Gasteiger partial charge in [0.1, 0.15) is 12.4 Å². The highest BCUT2D eigenvalue weighted by Gasteiger charge is 2.67. The Kier molecular flexibility index (Phi) is 5.45. The number of hydrogen-bond donors (Lipinski definition) is 0. The Balaban J connectivity index is 1.45. The average molecular weight is 462 g/mol. The molecule has 0 unspecified atom stereocenters. The second kappa shape index (κ2) is 8.39. The van der Waals surface area contributed by atoms with Crippen LogP contribution in [0.15, 0.2) is 42.5 Å². The van der Waals surface area contributed by atoms with Crippen molar-refractivity contribution in [1.29, 1.82) is 0 Å². The molecule has 0 spiro atoms. The summed E-state index contributed by atoms with van der Waals surface area (Å²) in [6.45, 7) is 2.65. The number of hydrogen-bond acceptors (Lipinski definition) is 5. The lowest BCUT2D eigenvalue weighted by Crippen LogP contribution is -2.74. The zero-order chi connectivity index (χ0) is 23.3. The molecule has 5 nitrogen and oxygen atoms in total. The van der Waals surface area contributed by atoms with Gasteiger partial charge < -0.3 is 14.2 Å². The number of benzene rings is 2. The third-order valence-corrected chi connectivity index (χ3v) is 8.98. The summed E-state index contributed by atoms with van der Waals surface area (Å²) in [6, 6.07) is 14.8. The van der Waals surface area contributed by atoms with E-state index in [1.807, 2.05) is 25.3 Å². The minimum atomic E-state index is -0.369. The smallest absolute Gasteiger partial charge is 0.164 e. The van der Waals surface area contributed by atoms with Gasteiger partial charge in [0.25, 0.3) is 0 Å². The summed E-state index contributed by atoms with van der Waals surface area (Å²) in [5.74, 6) is 2.71. The Morgan fingerprint density at radius 2 is 1.88 bits per heavy atom. The average Bonchev–Trinajstić information content (AvgIpc) is 3.68. The summed E-state index contributed by atoms with van der Waals surface area (Å²) in [4.78, 5) is 15.7. The van der Waals surface area contributed by atoms with Gasteiger partial charge in [-0.25, -0.2) is 0 Å². The molecule has 2 bridgehead atoms. The molecule has 6 rings (SSSR count). The molecule has 4 aliphatic rings. The molecule has 1 heterocycles. The first kappa shape index (κ1) is 22.1. The molecule has 0 N–H and O–H groups in total. The Morgan fingerprint density at radius 1 is 1.06 bits per heavy atom. The summed E-state index contributed by atoms with van der Waals surface area (Å²) in [7, 11) is 3.60. The lowest BCUT2D eigenvalue weighted by Gasteiger charge is -2.65. The lowest BCUT2D eigenvalue weighted by atomic mass is 9.49. The van der Waals surface area contributed by atoms with Crippen LogP contribution in [0.4, 0.5) is 0 Å². The van der Waals surface area contributed by atoms with E-state index in [4.69, 9.17) is 14.2 Å². The van der Waals surface area contributed by atoms with Gasteiger partial charge in [0.15, 0.2) is 11.5 Å². The molecule has 34 heavy (non-hydrogen) atoms. The number of ketones is 1. The molecule has 3 atom stereocenters. The van der Waals surface area contributed by atoms with E-state index in [-0.39, 0.29) is 11.0 Å². The van der Waals surface area contributed by atoms with Crippen molar-refractivity contribution in [2.24, 2.45) is 5.92 Å². The van der Waals surface area contributed by atoms with Crippen LogP contribution in [0.1, 0.15) is 55.2 Å². The number of fused-ring (bicyclic) bond motifs is 1. The predicted molar refractivity (Wildman–Crippen MR) is 130 cm³/mol. The second-order valence-electron chi connectivity index (χ2n) is 10.7. The van der Waals surface area contributed by atoms with Gasteiger partial charge >= 0.3 is 0 Å². The van der Waals surface area contributed by atoms with Crippen molar-refractivity contribution in [1.82, 2.24) is 4.90 Å². The van der Waals surface area contributed by atoms with Crippen molar-refractivity contribution in [2.45, 2.75) is 68.6 Å². The second-order valence-corrected chi connectivity index (χ2v) is 10.7. The summed E-state index contributed by atoms with van der Waals surface area (Å²) in [5.41, 5.74) is 2.83. The van der Waals surface area contributed by atoms with Crippen LogP contribution in [-0.4, -0.2) is 49.6 Å². The summed E-state index contributed by atoms with van der Waals surface area (Å²) >= 11 is 0. The molecule has 5 heteroatoms. The molecule has 2 aromatic carbocycles. The van der Waals surface area contributed by atoms with Crippen LogP contribution in [0.3, 0.4) is 0 Å². The molecule has 3 aliphatic carbocycles. The van der Waals surface area contributed by atoms with Gasteiger partial charge in [0.2, 0.25) is 0 Å². The first-order valence-electron chi connectivity index (χ1n) is 12.8. The Morgan fingerprint density at radius 3 is 2.62 bits per heavy atom. The van der Waals surface area contributed by atoms with Crippen LogP contribution in [0.25, 0.3) is 0 Å². The van der Waals surface area contributed by atoms with Gasteiger partial charge in [-0.15, -0.1) is 0 Å². The van der Waals surface area contributed by atoms with Crippen molar-refractivity contribution in [3.8, 4) is 11.5 Å². The van der Waals surface area contributed by atoms with Crippen molar-refractivity contribution in [2.75, 3.05) is 27.3 Å². The molecule has 180 valence electrons. The number of methoxy groups -OCH3 is 2. The minimum absolute atomic E-state index is 0.299. The van der Waals surface area contributed by atoms with E-state index in [1.54, 1.807) is 7.11 Å². The van der Waals surface area contributed by atoms with Crippen LogP contribution in [-0.2, 0) is 28.0 Å². The molecular weight excluding hydrogens is 426 g/mol. The normalized spacial score (nSPS) is 30.4. The molecule has 0 amide bonds. The summed E-state index contributed by atoms with van der Waals surface area (Å²) in [5, 5.41) is 0. The number of rotatable bonds is 7. The van der Waals surface area contributed by atoms with Crippen LogP contribution >= 0.6 is 0 Å². The number of Topliss-reactive ketones (excluding diaryl/α,β-unsaturated/α-hetero) is 1. The van der Waals surface area contributed by atoms with E-state index in [1.165, 1.54) is 18.4 Å². The highest BCUT2D eigenvalue weighted by molar-refractivity contribution is 5.83. The molecule has 0 aromatic heterocycles. The number of carbonyl (C=O) groups is 1. The van der Waals surface area contributed by atoms with Crippen LogP contribution in [0.2, 0.25) is 0 Å². The standard InChI is InChI=1S/C29H35NO4/c1-32-27-24(34-19-21-6-4-3-5-7-21)11-10-22-16-25-29(33-2)13-12-23(31)17-28(29,26(22)27)14-15-30(25)18-20-8-9-20/h3-7,10-11,20,25H,8-9,12-19H2,1-2H3/t25-,28-,29+/m0/s1. The largest absolute Gasteiger partial charge is 0.493 e. The molecule has 3 fully saturated rings. The van der Waals surface area contributed by atoms with Gasteiger partial charge in [0, 0.05) is 43.5 Å². The Bertz CT molecular complexity index is 1080. The summed E-state index contributed by atoms with van der Waals surface area (Å²) in [6.07, 6.45) is 6.46. The van der Waals surface area contributed by atoms with E-state index in [0.29, 0.717) is 31.3 Å². The summed E-state index contributed by atoms with van der Waals surface area (Å²) < 4.78 is 19.0. The lowest BCUT2D eigenvalue weighted by molar-refractivity contribution is -0.188. The minimum Gasteiger partial charge on any atom is -0.493 e. The highest BCUT2D eigenvalue weighted by atomic mass is 16.5. The van der Waals surface area contributed by atoms with Gasteiger partial charge in [-0.3, -0.25) is 9.69 Å². The Labute approximate surface area is 202 Å². The van der Waals surface area contributed by atoms with Gasteiger partial charge in [-0.05, 0) is 61.8 Å². The maximum absolute atomic E-state index is 13.0.